The minimum Gasteiger partial charge on any atom is -0.331 e. The number of hydrogen-bond donors (Lipinski definition) is 2. The van der Waals surface area contributed by atoms with Crippen LogP contribution in [-0.4, -0.2) is 6.03 Å². The second-order valence-electron chi connectivity index (χ2n) is 5.48. The van der Waals surface area contributed by atoms with E-state index in [1.165, 1.54) is 16.7 Å². The van der Waals surface area contributed by atoms with Gasteiger partial charge in [-0.1, -0.05) is 30.3 Å². The molecule has 21 heavy (non-hydrogen) atoms. The summed E-state index contributed by atoms with van der Waals surface area (Å²) < 4.78 is 0. The topological polar surface area (TPSA) is 41.1 Å². The lowest BCUT2D eigenvalue weighted by atomic mass is 9.97. The Balaban J connectivity index is 2.06. The van der Waals surface area contributed by atoms with E-state index >= 15 is 0 Å². The van der Waals surface area contributed by atoms with Gasteiger partial charge in [0, 0.05) is 5.69 Å². The van der Waals surface area contributed by atoms with Gasteiger partial charge < -0.3 is 10.6 Å². The quantitative estimate of drug-likeness (QED) is 0.855. The van der Waals surface area contributed by atoms with Gasteiger partial charge in [0.05, 0.1) is 6.04 Å². The van der Waals surface area contributed by atoms with Crippen LogP contribution in [0, 0.1) is 20.8 Å². The highest BCUT2D eigenvalue weighted by Gasteiger charge is 2.12. The van der Waals surface area contributed by atoms with Gasteiger partial charge in [0.15, 0.2) is 0 Å². The van der Waals surface area contributed by atoms with E-state index < -0.39 is 0 Å². The normalized spacial score (nSPS) is 11.8. The van der Waals surface area contributed by atoms with Crippen molar-refractivity contribution in [2.24, 2.45) is 0 Å². The van der Waals surface area contributed by atoms with Crippen molar-refractivity contribution in [2.45, 2.75) is 33.7 Å². The number of carbonyl (C=O) groups is 1. The highest BCUT2D eigenvalue weighted by Crippen LogP contribution is 2.21. The van der Waals surface area contributed by atoms with Crippen LogP contribution in [0.25, 0.3) is 0 Å². The molecule has 0 saturated carbocycles. The second-order valence-corrected chi connectivity index (χ2v) is 5.48. The molecule has 2 aromatic rings. The van der Waals surface area contributed by atoms with Crippen molar-refractivity contribution in [3.63, 3.8) is 0 Å². The number of nitrogens with one attached hydrogen (secondary N) is 2. The third-order valence-corrected chi connectivity index (χ3v) is 3.73. The third kappa shape index (κ3) is 3.85. The predicted octanol–water partition coefficient (Wildman–Crippen LogP) is 4.49. The first-order valence-corrected chi connectivity index (χ1v) is 7.17. The van der Waals surface area contributed by atoms with Crippen LogP contribution < -0.4 is 10.6 Å². The van der Waals surface area contributed by atoms with Crippen LogP contribution in [0.15, 0.2) is 42.5 Å². The molecule has 0 aliphatic heterocycles. The molecule has 0 aliphatic rings. The Kier molecular flexibility index (Phi) is 4.63. The number of carbonyl (C=O) groups excluding carboxylic acids is 1. The van der Waals surface area contributed by atoms with E-state index in [0.29, 0.717) is 0 Å². The first-order valence-electron chi connectivity index (χ1n) is 7.17. The van der Waals surface area contributed by atoms with E-state index in [1.807, 2.05) is 37.3 Å². The molecule has 2 N–H and O–H groups in total. The molecular weight excluding hydrogens is 260 g/mol. The first-order chi connectivity index (χ1) is 9.97. The van der Waals surface area contributed by atoms with E-state index in [1.54, 1.807) is 0 Å². The average molecular weight is 282 g/mol. The Bertz CT molecular complexity index is 635. The van der Waals surface area contributed by atoms with Gasteiger partial charge in [-0.05, 0) is 62.1 Å². The number of hydrogen-bond acceptors (Lipinski definition) is 1. The molecule has 1 atom stereocenters. The van der Waals surface area contributed by atoms with E-state index in [0.717, 1.165) is 11.3 Å². The molecule has 0 heterocycles. The van der Waals surface area contributed by atoms with Gasteiger partial charge in [-0.3, -0.25) is 0 Å². The van der Waals surface area contributed by atoms with E-state index in [-0.39, 0.29) is 12.1 Å². The molecular formula is C18H22N2O. The molecule has 0 aliphatic carbocycles. The van der Waals surface area contributed by atoms with Gasteiger partial charge in [0.1, 0.15) is 0 Å². The lowest BCUT2D eigenvalue weighted by Gasteiger charge is -2.18. The number of para-hydroxylation sites is 1. The summed E-state index contributed by atoms with van der Waals surface area (Å²) in [5, 5.41) is 5.82. The Morgan fingerprint density at radius 2 is 1.57 bits per heavy atom. The maximum absolute atomic E-state index is 12.0. The van der Waals surface area contributed by atoms with Crippen molar-refractivity contribution in [2.75, 3.05) is 5.32 Å². The van der Waals surface area contributed by atoms with E-state index in [2.05, 4.69) is 43.5 Å². The number of rotatable bonds is 3. The SMILES string of the molecule is Cc1cc(C)c([C@@H](C)NC(=O)Nc2ccccc2)cc1C. The number of amides is 2. The van der Waals surface area contributed by atoms with Gasteiger partial charge in [-0.2, -0.15) is 0 Å². The standard InChI is InChI=1S/C18H22N2O/c1-12-10-14(3)17(11-13(12)2)15(4)19-18(21)20-16-8-6-5-7-9-16/h5-11,15H,1-4H3,(H2,19,20,21)/t15-/m1/s1. The fraction of sp³-hybridized carbons (Fsp3) is 0.278. The highest BCUT2D eigenvalue weighted by atomic mass is 16.2. The molecule has 3 heteroatoms. The maximum atomic E-state index is 12.0. The summed E-state index contributed by atoms with van der Waals surface area (Å²) >= 11 is 0. The van der Waals surface area contributed by atoms with Gasteiger partial charge >= 0.3 is 6.03 Å². The van der Waals surface area contributed by atoms with Crippen molar-refractivity contribution >= 4 is 11.7 Å². The van der Waals surface area contributed by atoms with Crippen LogP contribution >= 0.6 is 0 Å². The molecule has 0 saturated heterocycles. The molecule has 0 unspecified atom stereocenters. The molecule has 2 rings (SSSR count). The summed E-state index contributed by atoms with van der Waals surface area (Å²) in [5.41, 5.74) is 5.66. The molecule has 2 amide bonds. The predicted molar refractivity (Wildman–Crippen MR) is 87.7 cm³/mol. The Hall–Kier alpha value is -2.29. The number of urea groups is 1. The van der Waals surface area contributed by atoms with Crippen LogP contribution in [0.1, 0.15) is 35.2 Å². The van der Waals surface area contributed by atoms with E-state index in [9.17, 15) is 4.79 Å². The second kappa shape index (κ2) is 6.44. The molecule has 0 aromatic heterocycles. The smallest absolute Gasteiger partial charge is 0.319 e. The van der Waals surface area contributed by atoms with Crippen molar-refractivity contribution in [3.8, 4) is 0 Å². The Morgan fingerprint density at radius 3 is 2.24 bits per heavy atom. The van der Waals surface area contributed by atoms with Crippen molar-refractivity contribution in [1.29, 1.82) is 0 Å². The summed E-state index contributed by atoms with van der Waals surface area (Å²) in [6.45, 7) is 8.28. The summed E-state index contributed by atoms with van der Waals surface area (Å²) in [5.74, 6) is 0. The van der Waals surface area contributed by atoms with Crippen LogP contribution in [0.5, 0.6) is 0 Å². The largest absolute Gasteiger partial charge is 0.331 e. The summed E-state index contributed by atoms with van der Waals surface area (Å²) in [6.07, 6.45) is 0. The first kappa shape index (κ1) is 15.1. The Labute approximate surface area is 126 Å². The number of benzene rings is 2. The van der Waals surface area contributed by atoms with Crippen molar-refractivity contribution in [3.05, 3.63) is 64.7 Å². The monoisotopic (exact) mass is 282 g/mol. The Morgan fingerprint density at radius 1 is 0.952 bits per heavy atom. The minimum absolute atomic E-state index is 0.0342. The van der Waals surface area contributed by atoms with Crippen LogP contribution in [-0.2, 0) is 0 Å². The highest BCUT2D eigenvalue weighted by molar-refractivity contribution is 5.89. The fourth-order valence-corrected chi connectivity index (χ4v) is 2.41. The molecule has 2 aromatic carbocycles. The fourth-order valence-electron chi connectivity index (χ4n) is 2.41. The van der Waals surface area contributed by atoms with Gasteiger partial charge in [-0.25, -0.2) is 4.79 Å². The lowest BCUT2D eigenvalue weighted by Crippen LogP contribution is -2.31. The van der Waals surface area contributed by atoms with Gasteiger partial charge in [0.2, 0.25) is 0 Å². The average Bonchev–Trinajstić information content (AvgIpc) is 2.43. The molecule has 0 bridgehead atoms. The van der Waals surface area contributed by atoms with Crippen LogP contribution in [0.2, 0.25) is 0 Å². The van der Waals surface area contributed by atoms with Gasteiger partial charge in [-0.15, -0.1) is 0 Å². The lowest BCUT2D eigenvalue weighted by molar-refractivity contribution is 0.249. The van der Waals surface area contributed by atoms with Crippen molar-refractivity contribution in [1.82, 2.24) is 5.32 Å². The van der Waals surface area contributed by atoms with E-state index in [4.69, 9.17) is 0 Å². The van der Waals surface area contributed by atoms with Crippen molar-refractivity contribution < 1.29 is 4.79 Å². The zero-order valence-corrected chi connectivity index (χ0v) is 13.0. The molecule has 110 valence electrons. The van der Waals surface area contributed by atoms with Crippen LogP contribution in [0.3, 0.4) is 0 Å². The molecule has 0 fully saturated rings. The minimum atomic E-state index is -0.189. The molecule has 0 radical (unpaired) electrons. The summed E-state index contributed by atoms with van der Waals surface area (Å²) in [7, 11) is 0. The maximum Gasteiger partial charge on any atom is 0.319 e. The summed E-state index contributed by atoms with van der Waals surface area (Å²) in [4.78, 5) is 12.0. The van der Waals surface area contributed by atoms with Gasteiger partial charge in [0.25, 0.3) is 0 Å². The number of anilines is 1. The third-order valence-electron chi connectivity index (χ3n) is 3.73. The van der Waals surface area contributed by atoms with Crippen LogP contribution in [0.4, 0.5) is 10.5 Å². The zero-order valence-electron chi connectivity index (χ0n) is 13.0. The number of aryl methyl sites for hydroxylation is 3. The molecule has 0 spiro atoms. The zero-order chi connectivity index (χ0) is 15.4. The summed E-state index contributed by atoms with van der Waals surface area (Å²) in [6, 6.07) is 13.5. The molecule has 3 nitrogen and oxygen atoms in total.